The number of amides is 1. The summed E-state index contributed by atoms with van der Waals surface area (Å²) in [6, 6.07) is 14.1. The summed E-state index contributed by atoms with van der Waals surface area (Å²) >= 11 is 0. The highest BCUT2D eigenvalue weighted by Crippen LogP contribution is 2.19. The smallest absolute Gasteiger partial charge is 0.270 e. The molecule has 3 aromatic rings. The summed E-state index contributed by atoms with van der Waals surface area (Å²) in [6.45, 7) is 3.33. The molecule has 4 rings (SSSR count). The molecule has 0 saturated carbocycles. The molecule has 8 nitrogen and oxygen atoms in total. The third kappa shape index (κ3) is 4.73. The molecule has 0 radical (unpaired) electrons. The van der Waals surface area contributed by atoms with Crippen molar-refractivity contribution < 1.29 is 13.2 Å². The highest BCUT2D eigenvalue weighted by atomic mass is 32.2. The van der Waals surface area contributed by atoms with Gasteiger partial charge in [-0.05, 0) is 37.6 Å². The summed E-state index contributed by atoms with van der Waals surface area (Å²) in [6.07, 6.45) is 0.950. The van der Waals surface area contributed by atoms with Crippen LogP contribution in [0.25, 0.3) is 11.0 Å². The molecule has 2 heterocycles. The lowest BCUT2D eigenvalue weighted by atomic mass is 10.2. The zero-order valence-electron chi connectivity index (χ0n) is 18.0. The monoisotopic (exact) mass is 454 g/mol. The molecule has 0 aliphatic carbocycles. The normalized spacial score (nSPS) is 15.6. The second-order valence-corrected chi connectivity index (χ2v) is 9.92. The summed E-state index contributed by atoms with van der Waals surface area (Å²) in [5, 5.41) is 0. The van der Waals surface area contributed by atoms with Crippen LogP contribution in [0.1, 0.15) is 24.1 Å². The van der Waals surface area contributed by atoms with Crippen LogP contribution in [0.3, 0.4) is 0 Å². The Balaban J connectivity index is 1.39. The number of aryl methyl sites for hydroxylation is 2. The van der Waals surface area contributed by atoms with Crippen molar-refractivity contribution >= 4 is 27.0 Å². The number of H-pyrrole nitrogens is 1. The number of fused-ring (bicyclic) bond motifs is 1. The molecule has 1 aliphatic rings. The van der Waals surface area contributed by atoms with Crippen molar-refractivity contribution in [3.63, 3.8) is 0 Å². The van der Waals surface area contributed by atoms with Gasteiger partial charge in [-0.3, -0.25) is 9.59 Å². The van der Waals surface area contributed by atoms with Crippen LogP contribution in [-0.4, -0.2) is 59.7 Å². The van der Waals surface area contributed by atoms with E-state index >= 15 is 0 Å². The standard InChI is InChI=1S/C23H26N4O4S/c1-17-7-9-18(10-8-17)32(30,31)27-14-4-13-26(15-16-27)22(28)12-11-21-23(29)25-20-6-3-2-5-19(20)24-21/h2-3,5-10H,4,11-16H2,1H3,(H,25,29). The first-order valence-electron chi connectivity index (χ1n) is 10.7. The van der Waals surface area contributed by atoms with Crippen LogP contribution < -0.4 is 5.56 Å². The van der Waals surface area contributed by atoms with Gasteiger partial charge >= 0.3 is 0 Å². The minimum Gasteiger partial charge on any atom is -0.341 e. The lowest BCUT2D eigenvalue weighted by molar-refractivity contribution is -0.131. The average Bonchev–Trinajstić information content (AvgIpc) is 3.05. The second kappa shape index (κ2) is 9.22. The number of aromatic nitrogens is 2. The number of nitrogens with one attached hydrogen (secondary N) is 1. The van der Waals surface area contributed by atoms with Crippen LogP contribution >= 0.6 is 0 Å². The summed E-state index contributed by atoms with van der Waals surface area (Å²) in [7, 11) is -3.59. The number of nitrogens with zero attached hydrogens (tertiary/aromatic N) is 3. The molecule has 1 amide bonds. The zero-order valence-corrected chi connectivity index (χ0v) is 18.8. The molecule has 2 aromatic carbocycles. The van der Waals surface area contributed by atoms with E-state index in [0.717, 1.165) is 5.56 Å². The van der Waals surface area contributed by atoms with E-state index in [1.807, 2.05) is 25.1 Å². The molecule has 9 heteroatoms. The van der Waals surface area contributed by atoms with Gasteiger partial charge in [-0.15, -0.1) is 0 Å². The predicted octanol–water partition coefficient (Wildman–Crippen LogP) is 2.09. The van der Waals surface area contributed by atoms with Crippen molar-refractivity contribution in [3.05, 3.63) is 70.1 Å². The van der Waals surface area contributed by atoms with Gasteiger partial charge in [-0.25, -0.2) is 13.4 Å². The van der Waals surface area contributed by atoms with Crippen molar-refractivity contribution in [2.24, 2.45) is 0 Å². The maximum Gasteiger partial charge on any atom is 0.270 e. The largest absolute Gasteiger partial charge is 0.341 e. The van der Waals surface area contributed by atoms with Gasteiger partial charge in [0, 0.05) is 39.0 Å². The average molecular weight is 455 g/mol. The fraction of sp³-hybridized carbons (Fsp3) is 0.348. The molecule has 32 heavy (non-hydrogen) atoms. The van der Waals surface area contributed by atoms with Crippen LogP contribution in [-0.2, 0) is 21.2 Å². The molecule has 0 bridgehead atoms. The summed E-state index contributed by atoms with van der Waals surface area (Å²) in [5.41, 5.74) is 2.38. The second-order valence-electron chi connectivity index (χ2n) is 7.98. The van der Waals surface area contributed by atoms with Gasteiger partial charge in [0.1, 0.15) is 5.69 Å². The van der Waals surface area contributed by atoms with Crippen LogP contribution in [0, 0.1) is 6.92 Å². The van der Waals surface area contributed by atoms with E-state index in [1.165, 1.54) is 4.31 Å². The van der Waals surface area contributed by atoms with E-state index in [1.54, 1.807) is 35.2 Å². The van der Waals surface area contributed by atoms with Gasteiger partial charge in [0.15, 0.2) is 0 Å². The van der Waals surface area contributed by atoms with E-state index in [2.05, 4.69) is 9.97 Å². The highest BCUT2D eigenvalue weighted by molar-refractivity contribution is 7.89. The van der Waals surface area contributed by atoms with Gasteiger partial charge in [0.25, 0.3) is 5.56 Å². The molecule has 0 unspecified atom stereocenters. The predicted molar refractivity (Wildman–Crippen MR) is 122 cm³/mol. The van der Waals surface area contributed by atoms with Crippen molar-refractivity contribution in [2.45, 2.75) is 31.1 Å². The lowest BCUT2D eigenvalue weighted by Gasteiger charge is -2.22. The first kappa shape index (κ1) is 22.2. The highest BCUT2D eigenvalue weighted by Gasteiger charge is 2.28. The van der Waals surface area contributed by atoms with Gasteiger partial charge in [-0.1, -0.05) is 29.8 Å². The fourth-order valence-electron chi connectivity index (χ4n) is 3.86. The van der Waals surface area contributed by atoms with Crippen molar-refractivity contribution in [1.82, 2.24) is 19.2 Å². The Bertz CT molecular complexity index is 1290. The quantitative estimate of drug-likeness (QED) is 0.636. The fourth-order valence-corrected chi connectivity index (χ4v) is 5.33. The van der Waals surface area contributed by atoms with Gasteiger partial charge in [0.05, 0.1) is 15.9 Å². The van der Waals surface area contributed by atoms with E-state index in [0.29, 0.717) is 42.8 Å². The molecule has 1 aliphatic heterocycles. The molecule has 0 spiro atoms. The number of rotatable bonds is 5. The first-order chi connectivity index (χ1) is 15.3. The molecular weight excluding hydrogens is 428 g/mol. The molecule has 0 atom stereocenters. The maximum absolute atomic E-state index is 13.0. The van der Waals surface area contributed by atoms with Crippen LogP contribution in [0.5, 0.6) is 0 Å². The Hall–Kier alpha value is -3.04. The van der Waals surface area contributed by atoms with Crippen molar-refractivity contribution in [3.8, 4) is 0 Å². The Morgan fingerprint density at radius 3 is 2.56 bits per heavy atom. The Morgan fingerprint density at radius 1 is 1.03 bits per heavy atom. The SMILES string of the molecule is Cc1ccc(S(=O)(=O)N2CCCN(C(=O)CCc3nc4ccccc4[nH]c3=O)CC2)cc1. The summed E-state index contributed by atoms with van der Waals surface area (Å²) < 4.78 is 27.4. The molecular formula is C23H26N4O4S. The Morgan fingerprint density at radius 2 is 1.78 bits per heavy atom. The molecule has 1 saturated heterocycles. The Kier molecular flexibility index (Phi) is 6.38. The Labute approximate surface area is 186 Å². The lowest BCUT2D eigenvalue weighted by Crippen LogP contribution is -2.37. The maximum atomic E-state index is 13.0. The molecule has 1 fully saturated rings. The number of sulfonamides is 1. The van der Waals surface area contributed by atoms with E-state index in [-0.39, 0.29) is 35.7 Å². The molecule has 1 N–H and O–H groups in total. The number of aromatic amines is 1. The summed E-state index contributed by atoms with van der Waals surface area (Å²) in [5.74, 6) is -0.103. The first-order valence-corrected chi connectivity index (χ1v) is 12.1. The third-order valence-electron chi connectivity index (χ3n) is 5.71. The van der Waals surface area contributed by atoms with Crippen LogP contribution in [0.4, 0.5) is 0 Å². The number of para-hydroxylation sites is 2. The minimum atomic E-state index is -3.59. The van der Waals surface area contributed by atoms with Crippen molar-refractivity contribution in [1.29, 1.82) is 0 Å². The van der Waals surface area contributed by atoms with Crippen LogP contribution in [0.2, 0.25) is 0 Å². The van der Waals surface area contributed by atoms with E-state index in [4.69, 9.17) is 0 Å². The zero-order chi connectivity index (χ0) is 22.7. The van der Waals surface area contributed by atoms with Crippen LogP contribution in [0.15, 0.2) is 58.2 Å². The minimum absolute atomic E-state index is 0.103. The number of hydrogen-bond acceptors (Lipinski definition) is 5. The van der Waals surface area contributed by atoms with Crippen molar-refractivity contribution in [2.75, 3.05) is 26.2 Å². The number of benzene rings is 2. The molecule has 1 aromatic heterocycles. The topological polar surface area (TPSA) is 103 Å². The van der Waals surface area contributed by atoms with Gasteiger partial charge in [0.2, 0.25) is 15.9 Å². The van der Waals surface area contributed by atoms with Gasteiger partial charge in [-0.2, -0.15) is 4.31 Å². The van der Waals surface area contributed by atoms with E-state index in [9.17, 15) is 18.0 Å². The third-order valence-corrected chi connectivity index (χ3v) is 7.62. The molecule has 168 valence electrons. The number of hydrogen-bond donors (Lipinski definition) is 1. The summed E-state index contributed by atoms with van der Waals surface area (Å²) in [4.78, 5) is 34.2. The number of carbonyl (C=O) groups excluding carboxylic acids is 1. The van der Waals surface area contributed by atoms with Gasteiger partial charge < -0.3 is 9.88 Å². The van der Waals surface area contributed by atoms with E-state index < -0.39 is 10.0 Å². The number of carbonyl (C=O) groups is 1.